The zero-order valence-corrected chi connectivity index (χ0v) is 23.5. The van der Waals surface area contributed by atoms with Gasteiger partial charge in [0.05, 0.1) is 10.6 Å². The predicted octanol–water partition coefficient (Wildman–Crippen LogP) is 4.69. The summed E-state index contributed by atoms with van der Waals surface area (Å²) < 4.78 is 28.9. The van der Waals surface area contributed by atoms with Crippen LogP contribution in [-0.4, -0.2) is 43.8 Å². The van der Waals surface area contributed by atoms with Crippen molar-refractivity contribution in [1.82, 2.24) is 10.2 Å². The molecule has 0 aliphatic heterocycles. The molecule has 0 aromatic heterocycles. The molecule has 1 atom stereocenters. The smallest absolute Gasteiger partial charge is 0.264 e. The lowest BCUT2D eigenvalue weighted by atomic mass is 10.1. The van der Waals surface area contributed by atoms with Gasteiger partial charge in [0.25, 0.3) is 10.0 Å². The minimum absolute atomic E-state index is 0.0920. The van der Waals surface area contributed by atoms with E-state index in [0.29, 0.717) is 12.1 Å². The van der Waals surface area contributed by atoms with Gasteiger partial charge in [-0.2, -0.15) is 0 Å². The Balaban J connectivity index is 2.05. The SMILES string of the molecule is CCc1ccccc1N(CC(=O)N(Cc1ccc(C)cc1)[C@@H](C)C(=O)NC(C)C)S(=O)(=O)c1ccccc1. The van der Waals surface area contributed by atoms with Crippen molar-refractivity contribution in [2.45, 2.75) is 64.6 Å². The van der Waals surface area contributed by atoms with E-state index in [0.717, 1.165) is 16.7 Å². The van der Waals surface area contributed by atoms with Crippen molar-refractivity contribution in [2.75, 3.05) is 10.8 Å². The largest absolute Gasteiger partial charge is 0.352 e. The quantitative estimate of drug-likeness (QED) is 0.386. The van der Waals surface area contributed by atoms with Crippen LogP contribution in [0.25, 0.3) is 0 Å². The number of aryl methyl sites for hydroxylation is 2. The summed E-state index contributed by atoms with van der Waals surface area (Å²) in [5.74, 6) is -0.769. The maximum Gasteiger partial charge on any atom is 0.264 e. The van der Waals surface area contributed by atoms with Gasteiger partial charge in [0.15, 0.2) is 0 Å². The minimum Gasteiger partial charge on any atom is -0.352 e. The number of amides is 2. The van der Waals surface area contributed by atoms with Crippen LogP contribution in [0.2, 0.25) is 0 Å². The number of para-hydroxylation sites is 1. The van der Waals surface area contributed by atoms with Crippen molar-refractivity contribution >= 4 is 27.5 Å². The summed E-state index contributed by atoms with van der Waals surface area (Å²) in [5.41, 5.74) is 3.17. The number of carbonyl (C=O) groups excluding carboxylic acids is 2. The fourth-order valence-electron chi connectivity index (χ4n) is 4.16. The Bertz CT molecular complexity index is 1340. The second-order valence-corrected chi connectivity index (χ2v) is 11.5. The average Bonchev–Trinajstić information content (AvgIpc) is 2.90. The normalized spacial score (nSPS) is 12.2. The third-order valence-corrected chi connectivity index (χ3v) is 8.10. The van der Waals surface area contributed by atoms with Crippen LogP contribution in [0.15, 0.2) is 83.8 Å². The molecule has 3 aromatic rings. The number of benzene rings is 3. The van der Waals surface area contributed by atoms with Gasteiger partial charge in [0, 0.05) is 12.6 Å². The van der Waals surface area contributed by atoms with E-state index in [4.69, 9.17) is 0 Å². The van der Waals surface area contributed by atoms with Crippen LogP contribution >= 0.6 is 0 Å². The summed E-state index contributed by atoms with van der Waals surface area (Å²) in [6.07, 6.45) is 0.589. The average molecular weight is 536 g/mol. The molecular weight excluding hydrogens is 498 g/mol. The molecule has 3 rings (SSSR count). The number of nitrogens with one attached hydrogen (secondary N) is 1. The zero-order chi connectivity index (χ0) is 27.9. The fraction of sp³-hybridized carbons (Fsp3) is 0.333. The lowest BCUT2D eigenvalue weighted by Crippen LogP contribution is -2.52. The molecule has 0 saturated heterocycles. The first-order chi connectivity index (χ1) is 18.0. The zero-order valence-electron chi connectivity index (χ0n) is 22.7. The highest BCUT2D eigenvalue weighted by Crippen LogP contribution is 2.28. The molecule has 0 aliphatic rings. The summed E-state index contributed by atoms with van der Waals surface area (Å²) in [6.45, 7) is 9.01. The Morgan fingerprint density at radius 2 is 1.47 bits per heavy atom. The number of carbonyl (C=O) groups is 2. The van der Waals surface area contributed by atoms with Gasteiger partial charge in [-0.05, 0) is 63.4 Å². The molecule has 38 heavy (non-hydrogen) atoms. The molecule has 202 valence electrons. The van der Waals surface area contributed by atoms with Gasteiger partial charge in [-0.25, -0.2) is 8.42 Å². The third-order valence-electron chi connectivity index (χ3n) is 6.32. The summed E-state index contributed by atoms with van der Waals surface area (Å²) in [5, 5.41) is 2.87. The van der Waals surface area contributed by atoms with Gasteiger partial charge in [-0.15, -0.1) is 0 Å². The van der Waals surface area contributed by atoms with Crippen molar-refractivity contribution in [3.63, 3.8) is 0 Å². The first-order valence-electron chi connectivity index (χ1n) is 12.9. The standard InChI is InChI=1S/C30H37N3O4S/c1-6-26-12-10-11-15-28(26)33(38(36,37)27-13-8-7-9-14-27)21-29(34)32(24(5)30(35)31-22(2)3)20-25-18-16-23(4)17-19-25/h7-19,22,24H,6,20-21H2,1-5H3,(H,31,35)/t24-/m0/s1. The highest BCUT2D eigenvalue weighted by atomic mass is 32.2. The third kappa shape index (κ3) is 7.01. The highest BCUT2D eigenvalue weighted by Gasteiger charge is 2.33. The number of anilines is 1. The maximum absolute atomic E-state index is 13.9. The minimum atomic E-state index is -4.07. The molecule has 0 saturated carbocycles. The van der Waals surface area contributed by atoms with Crippen molar-refractivity contribution in [3.05, 3.63) is 95.6 Å². The second-order valence-electron chi connectivity index (χ2n) is 9.65. The van der Waals surface area contributed by atoms with Gasteiger partial charge in [0.1, 0.15) is 12.6 Å². The van der Waals surface area contributed by atoms with E-state index in [-0.39, 0.29) is 23.4 Å². The molecule has 7 nitrogen and oxygen atoms in total. The Kier molecular flexibility index (Phi) is 9.69. The van der Waals surface area contributed by atoms with Crippen molar-refractivity contribution in [2.24, 2.45) is 0 Å². The van der Waals surface area contributed by atoms with Gasteiger partial charge >= 0.3 is 0 Å². The van der Waals surface area contributed by atoms with Crippen LogP contribution in [0.1, 0.15) is 44.4 Å². The van der Waals surface area contributed by atoms with Gasteiger partial charge < -0.3 is 10.2 Å². The summed E-state index contributed by atoms with van der Waals surface area (Å²) in [6, 6.07) is 22.1. The van der Waals surface area contributed by atoms with Crippen LogP contribution < -0.4 is 9.62 Å². The lowest BCUT2D eigenvalue weighted by Gasteiger charge is -2.33. The molecule has 0 bridgehead atoms. The first-order valence-corrected chi connectivity index (χ1v) is 14.3. The highest BCUT2D eigenvalue weighted by molar-refractivity contribution is 7.92. The summed E-state index contributed by atoms with van der Waals surface area (Å²) >= 11 is 0. The summed E-state index contributed by atoms with van der Waals surface area (Å²) in [4.78, 5) is 28.5. The molecule has 0 unspecified atom stereocenters. The first kappa shape index (κ1) is 28.9. The van der Waals surface area contributed by atoms with E-state index >= 15 is 0 Å². The van der Waals surface area contributed by atoms with E-state index in [9.17, 15) is 18.0 Å². The van der Waals surface area contributed by atoms with E-state index < -0.39 is 28.5 Å². The summed E-state index contributed by atoms with van der Waals surface area (Å²) in [7, 11) is -4.07. The Morgan fingerprint density at radius 3 is 2.08 bits per heavy atom. The number of rotatable bonds is 11. The molecule has 1 N–H and O–H groups in total. The van der Waals surface area contributed by atoms with E-state index in [1.165, 1.54) is 21.3 Å². The molecule has 0 aliphatic carbocycles. The van der Waals surface area contributed by atoms with E-state index in [1.807, 2.05) is 64.1 Å². The second kappa shape index (κ2) is 12.7. The number of sulfonamides is 1. The van der Waals surface area contributed by atoms with Crippen LogP contribution in [-0.2, 0) is 32.6 Å². The Labute approximate surface area is 226 Å². The Morgan fingerprint density at radius 1 is 0.868 bits per heavy atom. The molecule has 8 heteroatoms. The van der Waals surface area contributed by atoms with Gasteiger partial charge in [-0.1, -0.05) is 73.2 Å². The number of hydrogen-bond acceptors (Lipinski definition) is 4. The van der Waals surface area contributed by atoms with Crippen LogP contribution in [0, 0.1) is 6.92 Å². The number of hydrogen-bond donors (Lipinski definition) is 1. The van der Waals surface area contributed by atoms with Crippen molar-refractivity contribution in [1.29, 1.82) is 0 Å². The molecular formula is C30H37N3O4S. The van der Waals surface area contributed by atoms with Crippen LogP contribution in [0.5, 0.6) is 0 Å². The topological polar surface area (TPSA) is 86.8 Å². The van der Waals surface area contributed by atoms with Crippen LogP contribution in [0.4, 0.5) is 5.69 Å². The Hall–Kier alpha value is -3.65. The van der Waals surface area contributed by atoms with Crippen LogP contribution in [0.3, 0.4) is 0 Å². The molecule has 0 heterocycles. The maximum atomic E-state index is 13.9. The number of nitrogens with zero attached hydrogens (tertiary/aromatic N) is 2. The van der Waals surface area contributed by atoms with Crippen molar-refractivity contribution in [3.8, 4) is 0 Å². The van der Waals surface area contributed by atoms with Gasteiger partial charge in [0.2, 0.25) is 11.8 Å². The fourth-order valence-corrected chi connectivity index (χ4v) is 5.64. The van der Waals surface area contributed by atoms with E-state index in [1.54, 1.807) is 37.3 Å². The molecule has 2 amide bonds. The molecule has 3 aromatic carbocycles. The van der Waals surface area contributed by atoms with E-state index in [2.05, 4.69) is 5.32 Å². The molecule has 0 radical (unpaired) electrons. The van der Waals surface area contributed by atoms with Gasteiger partial charge in [-0.3, -0.25) is 13.9 Å². The molecule has 0 fully saturated rings. The lowest BCUT2D eigenvalue weighted by molar-refractivity contribution is -0.139. The monoisotopic (exact) mass is 535 g/mol. The van der Waals surface area contributed by atoms with Crippen molar-refractivity contribution < 1.29 is 18.0 Å². The predicted molar refractivity (Wildman–Crippen MR) is 151 cm³/mol. The molecule has 0 spiro atoms.